The molecule has 0 aliphatic rings. The lowest BCUT2D eigenvalue weighted by molar-refractivity contribution is 0.169. The first-order valence-electron chi connectivity index (χ1n) is 4.49. The van der Waals surface area contributed by atoms with Crippen molar-refractivity contribution in [3.05, 3.63) is 11.6 Å². The SMILES string of the molecule is Cc1nnc(CNC(CO)CO)n1C. The summed E-state index contributed by atoms with van der Waals surface area (Å²) in [6.07, 6.45) is 0. The van der Waals surface area contributed by atoms with E-state index in [0.717, 1.165) is 11.6 Å². The van der Waals surface area contributed by atoms with E-state index >= 15 is 0 Å². The Hall–Kier alpha value is -0.980. The monoisotopic (exact) mass is 200 g/mol. The lowest BCUT2D eigenvalue weighted by Gasteiger charge is -2.12. The lowest BCUT2D eigenvalue weighted by Crippen LogP contribution is -2.35. The van der Waals surface area contributed by atoms with E-state index in [1.807, 2.05) is 18.5 Å². The van der Waals surface area contributed by atoms with Gasteiger partial charge in [0.1, 0.15) is 11.6 Å². The molecule has 14 heavy (non-hydrogen) atoms. The molecular formula is C8H16N4O2. The molecule has 0 saturated heterocycles. The van der Waals surface area contributed by atoms with Crippen molar-refractivity contribution in [2.24, 2.45) is 7.05 Å². The highest BCUT2D eigenvalue weighted by atomic mass is 16.3. The van der Waals surface area contributed by atoms with Gasteiger partial charge in [0.05, 0.1) is 25.8 Å². The molecule has 0 spiro atoms. The van der Waals surface area contributed by atoms with Crippen molar-refractivity contribution in [1.29, 1.82) is 0 Å². The Bertz CT molecular complexity index is 283. The van der Waals surface area contributed by atoms with Crippen LogP contribution in [0.5, 0.6) is 0 Å². The highest BCUT2D eigenvalue weighted by Gasteiger charge is 2.08. The molecule has 80 valence electrons. The summed E-state index contributed by atoms with van der Waals surface area (Å²) in [6, 6.07) is -0.299. The third-order valence-electron chi connectivity index (χ3n) is 2.17. The van der Waals surface area contributed by atoms with Crippen LogP contribution in [0.3, 0.4) is 0 Å². The van der Waals surface area contributed by atoms with Gasteiger partial charge in [-0.05, 0) is 6.92 Å². The largest absolute Gasteiger partial charge is 0.395 e. The fraction of sp³-hybridized carbons (Fsp3) is 0.750. The summed E-state index contributed by atoms with van der Waals surface area (Å²) < 4.78 is 1.86. The van der Waals surface area contributed by atoms with Crippen LogP contribution in [0, 0.1) is 6.92 Å². The molecule has 6 nitrogen and oxygen atoms in total. The van der Waals surface area contributed by atoms with Gasteiger partial charge in [-0.25, -0.2) is 0 Å². The molecule has 0 bridgehead atoms. The number of aromatic nitrogens is 3. The van der Waals surface area contributed by atoms with Crippen molar-refractivity contribution in [3.63, 3.8) is 0 Å². The first-order valence-corrected chi connectivity index (χ1v) is 4.49. The van der Waals surface area contributed by atoms with Crippen LogP contribution in [-0.4, -0.2) is 44.2 Å². The number of aliphatic hydroxyl groups excluding tert-OH is 2. The quantitative estimate of drug-likeness (QED) is 0.542. The zero-order chi connectivity index (χ0) is 10.6. The number of aryl methyl sites for hydroxylation is 1. The van der Waals surface area contributed by atoms with Crippen molar-refractivity contribution < 1.29 is 10.2 Å². The van der Waals surface area contributed by atoms with Gasteiger partial charge < -0.3 is 20.1 Å². The van der Waals surface area contributed by atoms with Gasteiger partial charge in [0, 0.05) is 7.05 Å². The van der Waals surface area contributed by atoms with Crippen LogP contribution >= 0.6 is 0 Å². The zero-order valence-corrected chi connectivity index (χ0v) is 8.43. The maximum absolute atomic E-state index is 8.81. The minimum Gasteiger partial charge on any atom is -0.395 e. The summed E-state index contributed by atoms with van der Waals surface area (Å²) in [4.78, 5) is 0. The molecule has 0 radical (unpaired) electrons. The first kappa shape index (κ1) is 11.1. The molecule has 0 aliphatic carbocycles. The fourth-order valence-corrected chi connectivity index (χ4v) is 1.03. The second-order valence-electron chi connectivity index (χ2n) is 3.17. The predicted molar refractivity (Wildman–Crippen MR) is 50.5 cm³/mol. The first-order chi connectivity index (χ1) is 6.69. The van der Waals surface area contributed by atoms with Crippen molar-refractivity contribution in [3.8, 4) is 0 Å². The van der Waals surface area contributed by atoms with Crippen LogP contribution < -0.4 is 5.32 Å². The van der Waals surface area contributed by atoms with Crippen LogP contribution in [0.25, 0.3) is 0 Å². The van der Waals surface area contributed by atoms with Gasteiger partial charge in [0.25, 0.3) is 0 Å². The Morgan fingerprint density at radius 3 is 2.43 bits per heavy atom. The van der Waals surface area contributed by atoms with E-state index in [1.165, 1.54) is 0 Å². The van der Waals surface area contributed by atoms with Crippen molar-refractivity contribution in [2.45, 2.75) is 19.5 Å². The third-order valence-corrected chi connectivity index (χ3v) is 2.17. The molecule has 0 aromatic carbocycles. The molecule has 1 heterocycles. The maximum Gasteiger partial charge on any atom is 0.146 e. The molecule has 1 aromatic rings. The lowest BCUT2D eigenvalue weighted by atomic mass is 10.3. The van der Waals surface area contributed by atoms with Crippen molar-refractivity contribution in [1.82, 2.24) is 20.1 Å². The maximum atomic E-state index is 8.81. The molecule has 0 unspecified atom stereocenters. The second-order valence-corrected chi connectivity index (χ2v) is 3.17. The van der Waals surface area contributed by atoms with Crippen LogP contribution in [0.2, 0.25) is 0 Å². The molecule has 6 heteroatoms. The average Bonchev–Trinajstić information content (AvgIpc) is 2.51. The third kappa shape index (κ3) is 2.50. The van der Waals surface area contributed by atoms with E-state index in [-0.39, 0.29) is 19.3 Å². The van der Waals surface area contributed by atoms with E-state index in [4.69, 9.17) is 10.2 Å². The number of hydrogen-bond donors (Lipinski definition) is 3. The molecule has 0 atom stereocenters. The Balaban J connectivity index is 2.49. The Morgan fingerprint density at radius 2 is 2.00 bits per heavy atom. The molecule has 3 N–H and O–H groups in total. The van der Waals surface area contributed by atoms with Crippen molar-refractivity contribution in [2.75, 3.05) is 13.2 Å². The van der Waals surface area contributed by atoms with E-state index in [1.54, 1.807) is 0 Å². The normalized spacial score (nSPS) is 11.2. The summed E-state index contributed by atoms with van der Waals surface area (Å²) in [5, 5.41) is 28.4. The van der Waals surface area contributed by atoms with Gasteiger partial charge in [0.15, 0.2) is 0 Å². The number of aliphatic hydroxyl groups is 2. The summed E-state index contributed by atoms with van der Waals surface area (Å²) in [6.45, 7) is 2.18. The van der Waals surface area contributed by atoms with Crippen LogP contribution in [0.4, 0.5) is 0 Å². The van der Waals surface area contributed by atoms with Gasteiger partial charge >= 0.3 is 0 Å². The molecule has 0 aliphatic heterocycles. The van der Waals surface area contributed by atoms with Crippen LogP contribution in [0.1, 0.15) is 11.6 Å². The average molecular weight is 200 g/mol. The number of rotatable bonds is 5. The smallest absolute Gasteiger partial charge is 0.146 e. The predicted octanol–water partition coefficient (Wildman–Crippen LogP) is -1.43. The van der Waals surface area contributed by atoms with E-state index in [2.05, 4.69) is 15.5 Å². The summed E-state index contributed by atoms with van der Waals surface area (Å²) >= 11 is 0. The topological polar surface area (TPSA) is 83.2 Å². The molecular weight excluding hydrogens is 184 g/mol. The van der Waals surface area contributed by atoms with E-state index in [0.29, 0.717) is 6.54 Å². The number of hydrogen-bond acceptors (Lipinski definition) is 5. The molecule has 0 saturated carbocycles. The molecule has 1 aromatic heterocycles. The minimum absolute atomic E-state index is 0.0899. The summed E-state index contributed by atoms with van der Waals surface area (Å²) in [5.41, 5.74) is 0. The van der Waals surface area contributed by atoms with Gasteiger partial charge in [-0.1, -0.05) is 0 Å². The Morgan fingerprint density at radius 1 is 1.36 bits per heavy atom. The number of nitrogens with one attached hydrogen (secondary N) is 1. The summed E-state index contributed by atoms with van der Waals surface area (Å²) in [7, 11) is 1.87. The van der Waals surface area contributed by atoms with E-state index < -0.39 is 0 Å². The Labute approximate surface area is 82.6 Å². The molecule has 0 fully saturated rings. The van der Waals surface area contributed by atoms with Gasteiger partial charge in [-0.3, -0.25) is 0 Å². The van der Waals surface area contributed by atoms with Gasteiger partial charge in [-0.2, -0.15) is 0 Å². The van der Waals surface area contributed by atoms with Crippen LogP contribution in [0.15, 0.2) is 0 Å². The minimum atomic E-state index is -0.299. The van der Waals surface area contributed by atoms with Crippen molar-refractivity contribution >= 4 is 0 Å². The highest BCUT2D eigenvalue weighted by Crippen LogP contribution is 1.97. The standard InChI is InChI=1S/C8H16N4O2/c1-6-10-11-8(12(6)2)3-9-7(4-13)5-14/h7,9,13-14H,3-5H2,1-2H3. The van der Waals surface area contributed by atoms with E-state index in [9.17, 15) is 0 Å². The zero-order valence-electron chi connectivity index (χ0n) is 8.43. The Kier molecular flexibility index (Phi) is 3.99. The fourth-order valence-electron chi connectivity index (χ4n) is 1.03. The molecule has 1 rings (SSSR count). The van der Waals surface area contributed by atoms with Gasteiger partial charge in [0.2, 0.25) is 0 Å². The summed E-state index contributed by atoms with van der Waals surface area (Å²) in [5.74, 6) is 1.63. The highest BCUT2D eigenvalue weighted by molar-refractivity contribution is 4.92. The molecule has 0 amide bonds. The number of nitrogens with zero attached hydrogens (tertiary/aromatic N) is 3. The van der Waals surface area contributed by atoms with Crippen LogP contribution in [-0.2, 0) is 13.6 Å². The van der Waals surface area contributed by atoms with Gasteiger partial charge in [-0.15, -0.1) is 10.2 Å². The second kappa shape index (κ2) is 5.04.